The van der Waals surface area contributed by atoms with Gasteiger partial charge in [0, 0.05) is 12.1 Å². The number of fused-ring (bicyclic) bond motifs is 1. The Morgan fingerprint density at radius 1 is 0.828 bits per heavy atom. The number of aryl methyl sites for hydroxylation is 1. The second kappa shape index (κ2) is 7.87. The van der Waals surface area contributed by atoms with Gasteiger partial charge < -0.3 is 18.8 Å². The van der Waals surface area contributed by atoms with Crippen LogP contribution in [-0.2, 0) is 6.54 Å². The fourth-order valence-corrected chi connectivity index (χ4v) is 3.62. The second-order valence-electron chi connectivity index (χ2n) is 6.91. The molecule has 5 heteroatoms. The Balaban J connectivity index is 1.88. The molecule has 0 radical (unpaired) electrons. The number of aromatic nitrogens is 2. The molecule has 1 heterocycles. The quantitative estimate of drug-likeness (QED) is 0.462. The van der Waals surface area contributed by atoms with Gasteiger partial charge in [-0.25, -0.2) is 4.98 Å². The number of methoxy groups -OCH3 is 3. The molecule has 29 heavy (non-hydrogen) atoms. The molecular formula is C24H24N2O3. The standard InChI is InChI=1S/C24H24N2O3/c1-16-10-11-20-19(12-16)25-24(18-8-6-5-7-9-18)26(20)15-17-13-21(27-2)23(29-4)22(14-17)28-3/h5-14H,15H2,1-4H3. The van der Waals surface area contributed by atoms with Crippen LogP contribution >= 0.6 is 0 Å². The molecule has 0 saturated carbocycles. The van der Waals surface area contributed by atoms with E-state index in [1.165, 1.54) is 5.56 Å². The van der Waals surface area contributed by atoms with Gasteiger partial charge in [0.25, 0.3) is 0 Å². The molecule has 0 amide bonds. The summed E-state index contributed by atoms with van der Waals surface area (Å²) in [7, 11) is 4.87. The molecule has 0 unspecified atom stereocenters. The minimum atomic E-state index is 0.591. The predicted octanol–water partition coefficient (Wildman–Crippen LogP) is 5.09. The summed E-state index contributed by atoms with van der Waals surface area (Å²) < 4.78 is 18.7. The fraction of sp³-hybridized carbons (Fsp3) is 0.208. The molecule has 0 aliphatic carbocycles. The van der Waals surface area contributed by atoms with Crippen LogP contribution in [0.25, 0.3) is 22.4 Å². The molecule has 0 spiro atoms. The average molecular weight is 388 g/mol. The SMILES string of the molecule is COc1cc(Cn2c(-c3ccccc3)nc3cc(C)ccc32)cc(OC)c1OC. The van der Waals surface area contributed by atoms with Gasteiger partial charge in [-0.15, -0.1) is 0 Å². The lowest BCUT2D eigenvalue weighted by atomic mass is 10.1. The van der Waals surface area contributed by atoms with E-state index in [9.17, 15) is 0 Å². The van der Waals surface area contributed by atoms with Crippen molar-refractivity contribution in [3.05, 3.63) is 71.8 Å². The second-order valence-corrected chi connectivity index (χ2v) is 6.91. The predicted molar refractivity (Wildman–Crippen MR) is 115 cm³/mol. The van der Waals surface area contributed by atoms with Crippen molar-refractivity contribution >= 4 is 11.0 Å². The first-order valence-corrected chi connectivity index (χ1v) is 9.45. The van der Waals surface area contributed by atoms with E-state index in [2.05, 4.69) is 41.8 Å². The highest BCUT2D eigenvalue weighted by atomic mass is 16.5. The highest BCUT2D eigenvalue weighted by molar-refractivity contribution is 5.81. The van der Waals surface area contributed by atoms with E-state index in [1.54, 1.807) is 21.3 Å². The summed E-state index contributed by atoms with van der Waals surface area (Å²) in [6, 6.07) is 20.6. The minimum absolute atomic E-state index is 0.591. The van der Waals surface area contributed by atoms with Gasteiger partial charge in [-0.2, -0.15) is 0 Å². The zero-order chi connectivity index (χ0) is 20.4. The number of nitrogens with zero attached hydrogens (tertiary/aromatic N) is 2. The molecule has 3 aromatic carbocycles. The van der Waals surface area contributed by atoms with Crippen LogP contribution < -0.4 is 14.2 Å². The third-order valence-corrected chi connectivity index (χ3v) is 5.00. The van der Waals surface area contributed by atoms with Gasteiger partial charge in [-0.3, -0.25) is 0 Å². The number of hydrogen-bond donors (Lipinski definition) is 0. The largest absolute Gasteiger partial charge is 0.493 e. The molecule has 148 valence electrons. The molecule has 4 aromatic rings. The summed E-state index contributed by atoms with van der Waals surface area (Å²) in [5.74, 6) is 2.81. The van der Waals surface area contributed by atoms with Gasteiger partial charge in [0.2, 0.25) is 5.75 Å². The zero-order valence-electron chi connectivity index (χ0n) is 17.1. The van der Waals surface area contributed by atoms with Gasteiger partial charge in [0.05, 0.1) is 32.4 Å². The van der Waals surface area contributed by atoms with E-state index < -0.39 is 0 Å². The van der Waals surface area contributed by atoms with Crippen LogP contribution in [0.4, 0.5) is 0 Å². The van der Waals surface area contributed by atoms with Crippen molar-refractivity contribution in [1.82, 2.24) is 9.55 Å². The average Bonchev–Trinajstić information content (AvgIpc) is 3.10. The fourth-order valence-electron chi connectivity index (χ4n) is 3.62. The highest BCUT2D eigenvalue weighted by Crippen LogP contribution is 2.39. The Bertz CT molecular complexity index is 1120. The zero-order valence-corrected chi connectivity index (χ0v) is 17.1. The Kier molecular flexibility index (Phi) is 5.12. The topological polar surface area (TPSA) is 45.5 Å². The molecule has 0 aliphatic rings. The first-order valence-electron chi connectivity index (χ1n) is 9.45. The van der Waals surface area contributed by atoms with Gasteiger partial charge in [0.15, 0.2) is 11.5 Å². The summed E-state index contributed by atoms with van der Waals surface area (Å²) in [6.07, 6.45) is 0. The molecule has 0 N–H and O–H groups in total. The molecule has 0 aliphatic heterocycles. The summed E-state index contributed by atoms with van der Waals surface area (Å²) in [5, 5.41) is 0. The molecule has 0 fully saturated rings. The van der Waals surface area contributed by atoms with Crippen molar-refractivity contribution in [3.8, 4) is 28.6 Å². The minimum Gasteiger partial charge on any atom is -0.493 e. The Hall–Kier alpha value is -3.47. The maximum atomic E-state index is 5.53. The van der Waals surface area contributed by atoms with Crippen molar-refractivity contribution < 1.29 is 14.2 Å². The first kappa shape index (κ1) is 18.9. The van der Waals surface area contributed by atoms with Crippen LogP contribution in [0, 0.1) is 6.92 Å². The van der Waals surface area contributed by atoms with Crippen LogP contribution in [0.15, 0.2) is 60.7 Å². The Morgan fingerprint density at radius 3 is 2.14 bits per heavy atom. The number of benzene rings is 3. The molecule has 0 saturated heterocycles. The normalized spacial score (nSPS) is 10.9. The van der Waals surface area contributed by atoms with Crippen molar-refractivity contribution in [2.24, 2.45) is 0 Å². The summed E-state index contributed by atoms with van der Waals surface area (Å²) in [6.45, 7) is 2.71. The lowest BCUT2D eigenvalue weighted by Crippen LogP contribution is -2.04. The Labute approximate surface area is 170 Å². The monoisotopic (exact) mass is 388 g/mol. The van der Waals surface area contributed by atoms with Gasteiger partial charge >= 0.3 is 0 Å². The van der Waals surface area contributed by atoms with Crippen LogP contribution in [0.2, 0.25) is 0 Å². The van der Waals surface area contributed by atoms with E-state index >= 15 is 0 Å². The first-order chi connectivity index (χ1) is 14.1. The third kappa shape index (κ3) is 3.51. The molecule has 0 atom stereocenters. The number of rotatable bonds is 6. The van der Waals surface area contributed by atoms with Crippen molar-refractivity contribution in [2.45, 2.75) is 13.5 Å². The summed E-state index contributed by atoms with van der Waals surface area (Å²) in [4.78, 5) is 4.93. The van der Waals surface area contributed by atoms with Crippen LogP contribution in [-0.4, -0.2) is 30.9 Å². The van der Waals surface area contributed by atoms with E-state index in [1.807, 2.05) is 30.3 Å². The van der Waals surface area contributed by atoms with Gasteiger partial charge in [-0.05, 0) is 42.3 Å². The van der Waals surface area contributed by atoms with Gasteiger partial charge in [0.1, 0.15) is 5.82 Å². The van der Waals surface area contributed by atoms with E-state index in [0.717, 1.165) is 28.0 Å². The van der Waals surface area contributed by atoms with Crippen molar-refractivity contribution in [2.75, 3.05) is 21.3 Å². The van der Waals surface area contributed by atoms with Gasteiger partial charge in [-0.1, -0.05) is 36.4 Å². The molecular weight excluding hydrogens is 364 g/mol. The van der Waals surface area contributed by atoms with E-state index in [4.69, 9.17) is 19.2 Å². The molecule has 5 nitrogen and oxygen atoms in total. The molecule has 4 rings (SSSR count). The highest BCUT2D eigenvalue weighted by Gasteiger charge is 2.17. The maximum absolute atomic E-state index is 5.53. The van der Waals surface area contributed by atoms with Crippen LogP contribution in [0.3, 0.4) is 0 Å². The van der Waals surface area contributed by atoms with Crippen molar-refractivity contribution in [1.29, 1.82) is 0 Å². The smallest absolute Gasteiger partial charge is 0.203 e. The maximum Gasteiger partial charge on any atom is 0.203 e. The molecule has 1 aromatic heterocycles. The molecule has 0 bridgehead atoms. The van der Waals surface area contributed by atoms with Crippen LogP contribution in [0.5, 0.6) is 17.2 Å². The number of hydrogen-bond acceptors (Lipinski definition) is 4. The Morgan fingerprint density at radius 2 is 1.52 bits per heavy atom. The number of ether oxygens (including phenoxy) is 3. The summed E-state index contributed by atoms with van der Waals surface area (Å²) in [5.41, 5.74) is 5.37. The van der Waals surface area contributed by atoms with Crippen LogP contribution in [0.1, 0.15) is 11.1 Å². The van der Waals surface area contributed by atoms with Crippen molar-refractivity contribution in [3.63, 3.8) is 0 Å². The van der Waals surface area contributed by atoms with E-state index in [-0.39, 0.29) is 0 Å². The third-order valence-electron chi connectivity index (χ3n) is 5.00. The lowest BCUT2D eigenvalue weighted by Gasteiger charge is -2.15. The lowest BCUT2D eigenvalue weighted by molar-refractivity contribution is 0.323. The summed E-state index contributed by atoms with van der Waals surface area (Å²) >= 11 is 0. The van der Waals surface area contributed by atoms with E-state index in [0.29, 0.717) is 23.8 Å². The number of imidazole rings is 1.